The van der Waals surface area contributed by atoms with Crippen LogP contribution in [-0.4, -0.2) is 32.1 Å². The Balaban J connectivity index is 1.89. The van der Waals surface area contributed by atoms with Crippen LogP contribution in [-0.2, 0) is 17.7 Å². The van der Waals surface area contributed by atoms with E-state index in [4.69, 9.17) is 0 Å². The van der Waals surface area contributed by atoms with Gasteiger partial charge in [-0.05, 0) is 37.1 Å². The first-order valence-corrected chi connectivity index (χ1v) is 8.57. The second-order valence-electron chi connectivity index (χ2n) is 5.65. The number of rotatable bonds is 7. The minimum atomic E-state index is -0.343. The lowest BCUT2D eigenvalue weighted by Gasteiger charge is -2.11. The van der Waals surface area contributed by atoms with Crippen LogP contribution in [0.2, 0.25) is 0 Å². The summed E-state index contributed by atoms with van der Waals surface area (Å²) in [6.07, 6.45) is 0.769. The van der Waals surface area contributed by atoms with Gasteiger partial charge in [0.05, 0.1) is 19.2 Å². The summed E-state index contributed by atoms with van der Waals surface area (Å²) in [5.41, 5.74) is 2.18. The molecule has 0 heterocycles. The van der Waals surface area contributed by atoms with Crippen molar-refractivity contribution in [3.63, 3.8) is 0 Å². The van der Waals surface area contributed by atoms with Crippen LogP contribution in [0.15, 0.2) is 53.5 Å². The fraction of sp³-hybridized carbons (Fsp3) is 0.300. The summed E-state index contributed by atoms with van der Waals surface area (Å²) in [6.45, 7) is 3.64. The number of guanidine groups is 1. The summed E-state index contributed by atoms with van der Waals surface area (Å²) in [4.78, 5) is 15.8. The SMILES string of the molecule is CCNC(=NCc1ccccc1F)NCCc1ccc(C(=O)OC)cc1. The zero-order valence-corrected chi connectivity index (χ0v) is 15.1. The third kappa shape index (κ3) is 5.88. The van der Waals surface area contributed by atoms with E-state index in [0.717, 1.165) is 18.5 Å². The average Bonchev–Trinajstić information content (AvgIpc) is 2.67. The molecule has 26 heavy (non-hydrogen) atoms. The van der Waals surface area contributed by atoms with Crippen molar-refractivity contribution in [3.05, 3.63) is 71.0 Å². The molecule has 0 radical (unpaired) electrons. The first-order valence-electron chi connectivity index (χ1n) is 8.57. The van der Waals surface area contributed by atoms with Crippen molar-refractivity contribution >= 4 is 11.9 Å². The fourth-order valence-electron chi connectivity index (χ4n) is 2.38. The van der Waals surface area contributed by atoms with Gasteiger partial charge in [-0.3, -0.25) is 0 Å². The molecular weight excluding hydrogens is 333 g/mol. The molecule has 2 aromatic carbocycles. The van der Waals surface area contributed by atoms with E-state index in [1.165, 1.54) is 13.2 Å². The molecule has 0 amide bonds. The van der Waals surface area contributed by atoms with E-state index in [1.54, 1.807) is 30.3 Å². The topological polar surface area (TPSA) is 62.7 Å². The third-order valence-electron chi connectivity index (χ3n) is 3.79. The predicted molar refractivity (Wildman–Crippen MR) is 101 cm³/mol. The zero-order chi connectivity index (χ0) is 18.8. The smallest absolute Gasteiger partial charge is 0.337 e. The lowest BCUT2D eigenvalue weighted by Crippen LogP contribution is -2.38. The van der Waals surface area contributed by atoms with Crippen LogP contribution in [0.25, 0.3) is 0 Å². The molecular formula is C20H24FN3O2. The average molecular weight is 357 g/mol. The molecule has 0 spiro atoms. The summed E-state index contributed by atoms with van der Waals surface area (Å²) in [5, 5.41) is 6.38. The molecule has 5 nitrogen and oxygen atoms in total. The highest BCUT2D eigenvalue weighted by Crippen LogP contribution is 2.08. The summed E-state index contributed by atoms with van der Waals surface area (Å²) in [6, 6.07) is 13.9. The van der Waals surface area contributed by atoms with Crippen LogP contribution in [0.5, 0.6) is 0 Å². The van der Waals surface area contributed by atoms with Crippen molar-refractivity contribution in [2.24, 2.45) is 4.99 Å². The summed E-state index contributed by atoms with van der Waals surface area (Å²) < 4.78 is 18.4. The van der Waals surface area contributed by atoms with E-state index in [0.29, 0.717) is 23.6 Å². The van der Waals surface area contributed by atoms with Crippen molar-refractivity contribution in [3.8, 4) is 0 Å². The number of ether oxygens (including phenoxy) is 1. The van der Waals surface area contributed by atoms with E-state index in [-0.39, 0.29) is 18.3 Å². The van der Waals surface area contributed by atoms with Crippen molar-refractivity contribution in [2.75, 3.05) is 20.2 Å². The maximum absolute atomic E-state index is 13.7. The number of halogens is 1. The normalized spacial score (nSPS) is 11.1. The van der Waals surface area contributed by atoms with Gasteiger partial charge in [-0.15, -0.1) is 0 Å². The molecule has 0 atom stereocenters. The standard InChI is InChI=1S/C20H24FN3O2/c1-3-22-20(24-14-17-6-4-5-7-18(17)21)23-13-12-15-8-10-16(11-9-15)19(25)26-2/h4-11H,3,12-14H2,1-2H3,(H2,22,23,24). The number of nitrogens with zero attached hydrogens (tertiary/aromatic N) is 1. The molecule has 0 saturated carbocycles. The number of esters is 1. The van der Waals surface area contributed by atoms with Crippen LogP contribution in [0.4, 0.5) is 4.39 Å². The second-order valence-corrected chi connectivity index (χ2v) is 5.65. The number of carbonyl (C=O) groups is 1. The number of hydrogen-bond acceptors (Lipinski definition) is 3. The maximum atomic E-state index is 13.7. The van der Waals surface area contributed by atoms with Gasteiger partial charge in [-0.1, -0.05) is 30.3 Å². The monoisotopic (exact) mass is 357 g/mol. The number of carbonyl (C=O) groups excluding carboxylic acids is 1. The quantitative estimate of drug-likeness (QED) is 0.454. The highest BCUT2D eigenvalue weighted by Gasteiger charge is 2.05. The van der Waals surface area contributed by atoms with E-state index in [9.17, 15) is 9.18 Å². The highest BCUT2D eigenvalue weighted by molar-refractivity contribution is 5.89. The van der Waals surface area contributed by atoms with Gasteiger partial charge in [0.2, 0.25) is 0 Å². The van der Waals surface area contributed by atoms with Crippen LogP contribution in [0, 0.1) is 5.82 Å². The Bertz CT molecular complexity index is 745. The highest BCUT2D eigenvalue weighted by atomic mass is 19.1. The van der Waals surface area contributed by atoms with Gasteiger partial charge >= 0.3 is 5.97 Å². The Labute approximate surface area is 153 Å². The molecule has 0 aliphatic heterocycles. The number of benzene rings is 2. The molecule has 2 aromatic rings. The Kier molecular flexibility index (Phi) is 7.61. The molecule has 0 saturated heterocycles. The van der Waals surface area contributed by atoms with E-state index >= 15 is 0 Å². The van der Waals surface area contributed by atoms with Gasteiger partial charge < -0.3 is 15.4 Å². The summed E-state index contributed by atoms with van der Waals surface area (Å²) >= 11 is 0. The lowest BCUT2D eigenvalue weighted by atomic mass is 10.1. The molecule has 2 N–H and O–H groups in total. The van der Waals surface area contributed by atoms with Gasteiger partial charge in [0.1, 0.15) is 5.82 Å². The molecule has 0 aromatic heterocycles. The van der Waals surface area contributed by atoms with Gasteiger partial charge in [0, 0.05) is 18.7 Å². The summed E-state index contributed by atoms with van der Waals surface area (Å²) in [7, 11) is 1.36. The molecule has 0 aliphatic rings. The number of hydrogen-bond donors (Lipinski definition) is 2. The lowest BCUT2D eigenvalue weighted by molar-refractivity contribution is 0.0600. The predicted octanol–water partition coefficient (Wildman–Crippen LogP) is 2.91. The molecule has 0 aliphatic carbocycles. The third-order valence-corrected chi connectivity index (χ3v) is 3.79. The minimum absolute atomic E-state index is 0.252. The molecule has 2 rings (SSSR count). The number of aliphatic imine (C=N–C) groups is 1. The van der Waals surface area contributed by atoms with Crippen LogP contribution < -0.4 is 10.6 Å². The second kappa shape index (κ2) is 10.2. The Morgan fingerprint density at radius 2 is 1.85 bits per heavy atom. The maximum Gasteiger partial charge on any atom is 0.337 e. The van der Waals surface area contributed by atoms with Crippen molar-refractivity contribution < 1.29 is 13.9 Å². The van der Waals surface area contributed by atoms with Crippen LogP contribution in [0.1, 0.15) is 28.4 Å². The fourth-order valence-corrected chi connectivity index (χ4v) is 2.38. The van der Waals surface area contributed by atoms with Crippen molar-refractivity contribution in [1.82, 2.24) is 10.6 Å². The summed E-state index contributed by atoms with van der Waals surface area (Å²) in [5.74, 6) is 0.0455. The van der Waals surface area contributed by atoms with E-state index in [2.05, 4.69) is 20.4 Å². The first kappa shape index (κ1) is 19.4. The Morgan fingerprint density at radius 3 is 2.50 bits per heavy atom. The molecule has 0 fully saturated rings. The molecule has 0 unspecified atom stereocenters. The van der Waals surface area contributed by atoms with Gasteiger partial charge in [0.15, 0.2) is 5.96 Å². The number of nitrogens with one attached hydrogen (secondary N) is 2. The minimum Gasteiger partial charge on any atom is -0.465 e. The molecule has 6 heteroatoms. The van der Waals surface area contributed by atoms with Crippen LogP contribution >= 0.6 is 0 Å². The molecule has 138 valence electrons. The molecule has 0 bridgehead atoms. The Hall–Kier alpha value is -2.89. The zero-order valence-electron chi connectivity index (χ0n) is 15.1. The van der Waals surface area contributed by atoms with Gasteiger partial charge in [-0.2, -0.15) is 0 Å². The first-order chi connectivity index (χ1) is 12.6. The number of methoxy groups -OCH3 is 1. The van der Waals surface area contributed by atoms with Crippen molar-refractivity contribution in [1.29, 1.82) is 0 Å². The Morgan fingerprint density at radius 1 is 1.12 bits per heavy atom. The van der Waals surface area contributed by atoms with Gasteiger partial charge in [-0.25, -0.2) is 14.2 Å². The van der Waals surface area contributed by atoms with E-state index in [1.807, 2.05) is 19.1 Å². The largest absolute Gasteiger partial charge is 0.465 e. The van der Waals surface area contributed by atoms with Gasteiger partial charge in [0.25, 0.3) is 0 Å². The van der Waals surface area contributed by atoms with E-state index < -0.39 is 0 Å². The van der Waals surface area contributed by atoms with Crippen molar-refractivity contribution in [2.45, 2.75) is 19.9 Å². The van der Waals surface area contributed by atoms with Crippen LogP contribution in [0.3, 0.4) is 0 Å².